The van der Waals surface area contributed by atoms with Gasteiger partial charge in [0.15, 0.2) is 5.78 Å². The lowest BCUT2D eigenvalue weighted by Gasteiger charge is -2.10. The van der Waals surface area contributed by atoms with Gasteiger partial charge in [0, 0.05) is 22.7 Å². The fourth-order valence-electron chi connectivity index (χ4n) is 1.96. The van der Waals surface area contributed by atoms with Crippen LogP contribution in [0, 0.1) is 13.8 Å². The lowest BCUT2D eigenvalue weighted by Crippen LogP contribution is -1.97. The first-order chi connectivity index (χ1) is 8.02. The maximum Gasteiger partial charge on any atom is 0.159 e. The zero-order valence-corrected chi connectivity index (χ0v) is 10.5. The summed E-state index contributed by atoms with van der Waals surface area (Å²) in [5.41, 5.74) is 3.49. The Kier molecular flexibility index (Phi) is 2.84. The van der Waals surface area contributed by atoms with Gasteiger partial charge in [0.05, 0.1) is 12.6 Å². The number of fused-ring (bicyclic) bond motifs is 1. The minimum atomic E-state index is 0.0534. The lowest BCUT2D eigenvalue weighted by atomic mass is 10.0. The van der Waals surface area contributed by atoms with Crippen LogP contribution in [0.5, 0.6) is 5.75 Å². The Hall–Kier alpha value is -1.90. The number of aryl methyl sites for hydroxylation is 2. The summed E-state index contributed by atoms with van der Waals surface area (Å²) in [4.78, 5) is 15.9. The summed E-state index contributed by atoms with van der Waals surface area (Å²) in [6.07, 6.45) is 0. The van der Waals surface area contributed by atoms with Crippen molar-refractivity contribution in [2.24, 2.45) is 0 Å². The highest BCUT2D eigenvalue weighted by atomic mass is 16.5. The van der Waals surface area contributed by atoms with Crippen LogP contribution in [0.2, 0.25) is 0 Å². The van der Waals surface area contributed by atoms with Gasteiger partial charge >= 0.3 is 0 Å². The highest BCUT2D eigenvalue weighted by Gasteiger charge is 2.10. The number of hydrogen-bond acceptors (Lipinski definition) is 3. The number of carbonyl (C=O) groups is 1. The van der Waals surface area contributed by atoms with E-state index in [2.05, 4.69) is 4.98 Å². The molecule has 3 heteroatoms. The number of hydrogen-bond donors (Lipinski definition) is 0. The van der Waals surface area contributed by atoms with E-state index in [0.29, 0.717) is 5.56 Å². The molecule has 17 heavy (non-hydrogen) atoms. The fourth-order valence-corrected chi connectivity index (χ4v) is 1.96. The van der Waals surface area contributed by atoms with Crippen molar-refractivity contribution in [3.05, 3.63) is 35.0 Å². The van der Waals surface area contributed by atoms with Crippen molar-refractivity contribution in [2.75, 3.05) is 7.11 Å². The molecule has 1 heterocycles. The van der Waals surface area contributed by atoms with Gasteiger partial charge in [-0.15, -0.1) is 0 Å². The van der Waals surface area contributed by atoms with E-state index in [1.54, 1.807) is 14.0 Å². The Labute approximate surface area is 100 Å². The predicted octanol–water partition coefficient (Wildman–Crippen LogP) is 3.06. The van der Waals surface area contributed by atoms with Crippen LogP contribution in [0.3, 0.4) is 0 Å². The normalized spacial score (nSPS) is 10.6. The molecule has 88 valence electrons. The minimum absolute atomic E-state index is 0.0534. The highest BCUT2D eigenvalue weighted by molar-refractivity contribution is 6.00. The molecular weight excluding hydrogens is 214 g/mol. The van der Waals surface area contributed by atoms with Gasteiger partial charge in [0.1, 0.15) is 5.75 Å². The van der Waals surface area contributed by atoms with E-state index >= 15 is 0 Å². The molecule has 0 saturated heterocycles. The van der Waals surface area contributed by atoms with Gasteiger partial charge in [-0.25, -0.2) is 0 Å². The Bertz CT molecular complexity index is 603. The van der Waals surface area contributed by atoms with Gasteiger partial charge in [-0.1, -0.05) is 0 Å². The average Bonchev–Trinajstić information content (AvgIpc) is 2.28. The molecule has 1 aromatic carbocycles. The second-order valence-corrected chi connectivity index (χ2v) is 4.21. The number of Topliss-reactive ketones (excluding diaryl/α,β-unsaturated/α-hetero) is 1. The van der Waals surface area contributed by atoms with Crippen LogP contribution in [-0.4, -0.2) is 17.9 Å². The van der Waals surface area contributed by atoms with Crippen LogP contribution in [0.1, 0.15) is 28.5 Å². The van der Waals surface area contributed by atoms with Crippen molar-refractivity contribution >= 4 is 16.7 Å². The number of pyridine rings is 1. The van der Waals surface area contributed by atoms with Crippen LogP contribution in [-0.2, 0) is 0 Å². The molecule has 0 radical (unpaired) electrons. The van der Waals surface area contributed by atoms with Gasteiger partial charge in [-0.2, -0.15) is 0 Å². The number of nitrogens with zero attached hydrogens (tertiary/aromatic N) is 1. The van der Waals surface area contributed by atoms with Crippen LogP contribution >= 0.6 is 0 Å². The number of methoxy groups -OCH3 is 1. The standard InChI is InChI=1S/C14H15NO2/c1-8-5-11(10(3)16)7-12-13(17-4)6-9(2)15-14(8)12/h5-7H,1-4H3. The molecule has 0 N–H and O–H groups in total. The van der Waals surface area contributed by atoms with E-state index < -0.39 is 0 Å². The molecule has 0 unspecified atom stereocenters. The van der Waals surface area contributed by atoms with Crippen LogP contribution in [0.4, 0.5) is 0 Å². The van der Waals surface area contributed by atoms with Gasteiger partial charge in [0.2, 0.25) is 0 Å². The molecule has 0 aliphatic heterocycles. The van der Waals surface area contributed by atoms with E-state index in [0.717, 1.165) is 27.9 Å². The zero-order chi connectivity index (χ0) is 12.6. The molecule has 0 aliphatic rings. The summed E-state index contributed by atoms with van der Waals surface area (Å²) in [5, 5.41) is 0.892. The van der Waals surface area contributed by atoms with Crippen molar-refractivity contribution in [3.8, 4) is 5.75 Å². The second-order valence-electron chi connectivity index (χ2n) is 4.21. The molecule has 0 saturated carbocycles. The van der Waals surface area contributed by atoms with Crippen molar-refractivity contribution < 1.29 is 9.53 Å². The number of rotatable bonds is 2. The third-order valence-corrected chi connectivity index (χ3v) is 2.82. The minimum Gasteiger partial charge on any atom is -0.496 e. The Morgan fingerprint density at radius 2 is 1.94 bits per heavy atom. The average molecular weight is 229 g/mol. The van der Waals surface area contributed by atoms with Crippen LogP contribution in [0.25, 0.3) is 10.9 Å². The summed E-state index contributed by atoms with van der Waals surface area (Å²) in [6.45, 7) is 5.45. The number of benzene rings is 1. The summed E-state index contributed by atoms with van der Waals surface area (Å²) in [7, 11) is 1.63. The van der Waals surface area contributed by atoms with Crippen molar-refractivity contribution in [3.63, 3.8) is 0 Å². The van der Waals surface area contributed by atoms with E-state index in [4.69, 9.17) is 4.74 Å². The summed E-state index contributed by atoms with van der Waals surface area (Å²) in [5.74, 6) is 0.816. The summed E-state index contributed by atoms with van der Waals surface area (Å²) in [6, 6.07) is 5.60. The second kappa shape index (κ2) is 4.17. The Morgan fingerprint density at radius 1 is 1.24 bits per heavy atom. The molecule has 2 aromatic rings. The number of aromatic nitrogens is 1. The lowest BCUT2D eigenvalue weighted by molar-refractivity contribution is 0.101. The molecule has 0 bridgehead atoms. The van der Waals surface area contributed by atoms with Gasteiger partial charge in [-0.3, -0.25) is 9.78 Å². The van der Waals surface area contributed by atoms with Gasteiger partial charge < -0.3 is 4.74 Å². The largest absolute Gasteiger partial charge is 0.496 e. The number of ether oxygens (including phenoxy) is 1. The monoisotopic (exact) mass is 229 g/mol. The molecule has 0 fully saturated rings. The maximum atomic E-state index is 11.4. The van der Waals surface area contributed by atoms with Gasteiger partial charge in [-0.05, 0) is 38.5 Å². The molecule has 0 spiro atoms. The molecule has 0 atom stereocenters. The highest BCUT2D eigenvalue weighted by Crippen LogP contribution is 2.28. The topological polar surface area (TPSA) is 39.2 Å². The van der Waals surface area contributed by atoms with E-state index in [1.807, 2.05) is 32.0 Å². The third kappa shape index (κ3) is 2.00. The van der Waals surface area contributed by atoms with Crippen molar-refractivity contribution in [2.45, 2.75) is 20.8 Å². The van der Waals surface area contributed by atoms with Crippen LogP contribution in [0.15, 0.2) is 18.2 Å². The maximum absolute atomic E-state index is 11.4. The van der Waals surface area contributed by atoms with E-state index in [-0.39, 0.29) is 5.78 Å². The van der Waals surface area contributed by atoms with Gasteiger partial charge in [0.25, 0.3) is 0 Å². The first-order valence-electron chi connectivity index (χ1n) is 5.50. The first-order valence-corrected chi connectivity index (χ1v) is 5.50. The molecule has 2 rings (SSSR count). The van der Waals surface area contributed by atoms with Crippen LogP contribution < -0.4 is 4.74 Å². The molecule has 0 amide bonds. The molecular formula is C14H15NO2. The third-order valence-electron chi connectivity index (χ3n) is 2.82. The smallest absolute Gasteiger partial charge is 0.159 e. The predicted molar refractivity (Wildman–Crippen MR) is 67.8 cm³/mol. The SMILES string of the molecule is COc1cc(C)nc2c(C)cc(C(C)=O)cc12. The van der Waals surface area contributed by atoms with Crippen molar-refractivity contribution in [1.82, 2.24) is 4.98 Å². The molecule has 3 nitrogen and oxygen atoms in total. The Morgan fingerprint density at radius 3 is 2.53 bits per heavy atom. The Balaban J connectivity index is 2.86. The summed E-state index contributed by atoms with van der Waals surface area (Å²) < 4.78 is 5.35. The van der Waals surface area contributed by atoms with E-state index in [9.17, 15) is 4.79 Å². The zero-order valence-electron chi connectivity index (χ0n) is 10.5. The fraction of sp³-hybridized carbons (Fsp3) is 0.286. The number of ketones is 1. The van der Waals surface area contributed by atoms with Crippen molar-refractivity contribution in [1.29, 1.82) is 0 Å². The van der Waals surface area contributed by atoms with E-state index in [1.165, 1.54) is 0 Å². The molecule has 0 aliphatic carbocycles. The quantitative estimate of drug-likeness (QED) is 0.743. The first kappa shape index (κ1) is 11.6. The number of carbonyl (C=O) groups excluding carboxylic acids is 1. The molecule has 1 aromatic heterocycles. The summed E-state index contributed by atoms with van der Waals surface area (Å²) >= 11 is 0.